The quantitative estimate of drug-likeness (QED) is 0.464. The lowest BCUT2D eigenvalue weighted by molar-refractivity contribution is -0.117. The summed E-state index contributed by atoms with van der Waals surface area (Å²) in [6.45, 7) is 3.47. The fourth-order valence-corrected chi connectivity index (χ4v) is 1.32. The summed E-state index contributed by atoms with van der Waals surface area (Å²) < 4.78 is 0. The predicted molar refractivity (Wildman–Crippen MR) is 38.5 cm³/mol. The molecule has 10 heavy (non-hydrogen) atoms. The number of aldehydes is 1. The molecule has 1 aliphatic rings. The van der Waals surface area contributed by atoms with Crippen molar-refractivity contribution in [2.24, 2.45) is 11.8 Å². The van der Waals surface area contributed by atoms with Gasteiger partial charge in [-0.25, -0.2) is 0 Å². The summed E-state index contributed by atoms with van der Waals surface area (Å²) in [5, 5.41) is 9.20. The van der Waals surface area contributed by atoms with E-state index in [2.05, 4.69) is 6.58 Å². The highest BCUT2D eigenvalue weighted by Gasteiger charge is 2.34. The molecule has 2 heteroatoms. The van der Waals surface area contributed by atoms with Gasteiger partial charge in [-0.15, -0.1) is 6.58 Å². The van der Waals surface area contributed by atoms with Gasteiger partial charge in [0.05, 0.1) is 6.10 Å². The van der Waals surface area contributed by atoms with Crippen molar-refractivity contribution in [2.75, 3.05) is 0 Å². The van der Waals surface area contributed by atoms with Gasteiger partial charge in [0.1, 0.15) is 6.29 Å². The fourth-order valence-electron chi connectivity index (χ4n) is 1.32. The molecule has 1 aliphatic carbocycles. The Kier molecular flexibility index (Phi) is 2.22. The Morgan fingerprint density at radius 1 is 1.60 bits per heavy atom. The van der Waals surface area contributed by atoms with Gasteiger partial charge in [0, 0.05) is 5.92 Å². The predicted octanol–water partition coefficient (Wildman–Crippen LogP) is 0.758. The van der Waals surface area contributed by atoms with E-state index < -0.39 is 6.10 Å². The molecule has 0 spiro atoms. The third-order valence-corrected chi connectivity index (χ3v) is 2.24. The van der Waals surface area contributed by atoms with Crippen molar-refractivity contribution in [2.45, 2.75) is 18.9 Å². The topological polar surface area (TPSA) is 37.3 Å². The maximum absolute atomic E-state index is 10.3. The second-order valence-corrected chi connectivity index (χ2v) is 2.77. The monoisotopic (exact) mass is 140 g/mol. The number of carbonyl (C=O) groups excluding carboxylic acids is 1. The van der Waals surface area contributed by atoms with Crippen LogP contribution >= 0.6 is 0 Å². The SMILES string of the molecule is C=C[C@H](O)[C@@H]1CC[C@H]1C=O. The van der Waals surface area contributed by atoms with Crippen molar-refractivity contribution in [3.05, 3.63) is 12.7 Å². The molecule has 0 aromatic heterocycles. The number of hydrogen-bond acceptors (Lipinski definition) is 2. The summed E-state index contributed by atoms with van der Waals surface area (Å²) in [7, 11) is 0. The van der Waals surface area contributed by atoms with E-state index in [0.717, 1.165) is 19.1 Å². The Balaban J connectivity index is 2.41. The van der Waals surface area contributed by atoms with E-state index in [9.17, 15) is 9.90 Å². The van der Waals surface area contributed by atoms with Gasteiger partial charge in [0.15, 0.2) is 0 Å². The molecule has 0 aromatic rings. The molecule has 1 fully saturated rings. The molecule has 0 unspecified atom stereocenters. The maximum Gasteiger partial charge on any atom is 0.123 e. The van der Waals surface area contributed by atoms with Gasteiger partial charge in [-0.1, -0.05) is 6.08 Å². The molecule has 0 amide bonds. The van der Waals surface area contributed by atoms with Gasteiger partial charge < -0.3 is 9.90 Å². The molecule has 0 bridgehead atoms. The number of hydrogen-bond donors (Lipinski definition) is 1. The van der Waals surface area contributed by atoms with Gasteiger partial charge in [-0.3, -0.25) is 0 Å². The van der Waals surface area contributed by atoms with Crippen LogP contribution < -0.4 is 0 Å². The van der Waals surface area contributed by atoms with Crippen molar-refractivity contribution in [1.82, 2.24) is 0 Å². The zero-order chi connectivity index (χ0) is 7.56. The van der Waals surface area contributed by atoms with Crippen molar-refractivity contribution in [3.8, 4) is 0 Å². The van der Waals surface area contributed by atoms with Crippen LogP contribution in [0.2, 0.25) is 0 Å². The maximum atomic E-state index is 10.3. The lowest BCUT2D eigenvalue weighted by Gasteiger charge is -2.34. The van der Waals surface area contributed by atoms with E-state index in [1.807, 2.05) is 0 Å². The summed E-state index contributed by atoms with van der Waals surface area (Å²) in [5.41, 5.74) is 0. The van der Waals surface area contributed by atoms with E-state index in [1.54, 1.807) is 0 Å². The highest BCUT2D eigenvalue weighted by molar-refractivity contribution is 5.55. The van der Waals surface area contributed by atoms with Crippen LogP contribution in [0.4, 0.5) is 0 Å². The van der Waals surface area contributed by atoms with Crippen LogP contribution in [0.15, 0.2) is 12.7 Å². The summed E-state index contributed by atoms with van der Waals surface area (Å²) in [5.74, 6) is 0.225. The molecular formula is C8H12O2. The Hall–Kier alpha value is -0.630. The fraction of sp³-hybridized carbons (Fsp3) is 0.625. The number of rotatable bonds is 3. The largest absolute Gasteiger partial charge is 0.389 e. The second kappa shape index (κ2) is 2.97. The van der Waals surface area contributed by atoms with Crippen LogP contribution in [0.5, 0.6) is 0 Å². The summed E-state index contributed by atoms with van der Waals surface area (Å²) in [6, 6.07) is 0. The van der Waals surface area contributed by atoms with E-state index in [-0.39, 0.29) is 11.8 Å². The van der Waals surface area contributed by atoms with E-state index >= 15 is 0 Å². The molecule has 1 rings (SSSR count). The highest BCUT2D eigenvalue weighted by Crippen LogP contribution is 2.35. The van der Waals surface area contributed by atoms with Crippen LogP contribution in [0.1, 0.15) is 12.8 Å². The molecule has 0 aliphatic heterocycles. The minimum atomic E-state index is -0.482. The number of aliphatic hydroxyl groups is 1. The van der Waals surface area contributed by atoms with Crippen molar-refractivity contribution in [3.63, 3.8) is 0 Å². The first kappa shape index (κ1) is 7.48. The molecule has 1 N–H and O–H groups in total. The Morgan fingerprint density at radius 2 is 2.30 bits per heavy atom. The molecule has 2 nitrogen and oxygen atoms in total. The molecule has 0 aromatic carbocycles. The Morgan fingerprint density at radius 3 is 2.60 bits per heavy atom. The van der Waals surface area contributed by atoms with E-state index in [0.29, 0.717) is 0 Å². The van der Waals surface area contributed by atoms with Crippen LogP contribution in [0, 0.1) is 11.8 Å². The summed E-state index contributed by atoms with van der Waals surface area (Å²) in [4.78, 5) is 10.3. The minimum Gasteiger partial charge on any atom is -0.389 e. The van der Waals surface area contributed by atoms with Crippen LogP contribution in [-0.4, -0.2) is 17.5 Å². The number of aliphatic hydroxyl groups excluding tert-OH is 1. The van der Waals surface area contributed by atoms with Gasteiger partial charge >= 0.3 is 0 Å². The molecule has 1 saturated carbocycles. The van der Waals surface area contributed by atoms with Crippen LogP contribution in [0.25, 0.3) is 0 Å². The molecule has 0 radical (unpaired) electrons. The molecular weight excluding hydrogens is 128 g/mol. The smallest absolute Gasteiger partial charge is 0.123 e. The third-order valence-electron chi connectivity index (χ3n) is 2.24. The Bertz CT molecular complexity index is 132. The van der Waals surface area contributed by atoms with Gasteiger partial charge in [-0.05, 0) is 18.8 Å². The average molecular weight is 140 g/mol. The van der Waals surface area contributed by atoms with E-state index in [1.165, 1.54) is 6.08 Å². The molecule has 56 valence electrons. The van der Waals surface area contributed by atoms with Crippen LogP contribution in [-0.2, 0) is 4.79 Å². The molecule has 3 atom stereocenters. The number of carbonyl (C=O) groups is 1. The first-order chi connectivity index (χ1) is 4.79. The normalized spacial score (nSPS) is 34.1. The standard InChI is InChI=1S/C8H12O2/c1-2-8(10)7-4-3-6(7)5-9/h2,5-8,10H,1,3-4H2/t6-,7+,8-/m0/s1. The van der Waals surface area contributed by atoms with Crippen molar-refractivity contribution in [1.29, 1.82) is 0 Å². The van der Waals surface area contributed by atoms with E-state index in [4.69, 9.17) is 0 Å². The highest BCUT2D eigenvalue weighted by atomic mass is 16.3. The lowest BCUT2D eigenvalue weighted by Crippen LogP contribution is -2.35. The second-order valence-electron chi connectivity index (χ2n) is 2.77. The van der Waals surface area contributed by atoms with Crippen molar-refractivity contribution >= 4 is 6.29 Å². The zero-order valence-corrected chi connectivity index (χ0v) is 5.86. The van der Waals surface area contributed by atoms with Gasteiger partial charge in [-0.2, -0.15) is 0 Å². The van der Waals surface area contributed by atoms with Gasteiger partial charge in [0.25, 0.3) is 0 Å². The first-order valence-corrected chi connectivity index (χ1v) is 3.55. The average Bonchev–Trinajstić information content (AvgIpc) is 1.86. The van der Waals surface area contributed by atoms with Gasteiger partial charge in [0.2, 0.25) is 0 Å². The summed E-state index contributed by atoms with van der Waals surface area (Å²) >= 11 is 0. The third kappa shape index (κ3) is 1.12. The minimum absolute atomic E-state index is 0.0769. The molecule has 0 heterocycles. The molecule has 0 saturated heterocycles. The van der Waals surface area contributed by atoms with Crippen LogP contribution in [0.3, 0.4) is 0 Å². The summed E-state index contributed by atoms with van der Waals surface area (Å²) in [6.07, 6.45) is 3.83. The van der Waals surface area contributed by atoms with Crippen molar-refractivity contribution < 1.29 is 9.90 Å². The first-order valence-electron chi connectivity index (χ1n) is 3.55. The zero-order valence-electron chi connectivity index (χ0n) is 5.86. The Labute approximate surface area is 60.6 Å². The lowest BCUT2D eigenvalue weighted by atomic mass is 9.71.